The molecule has 1 aromatic rings. The van der Waals surface area contributed by atoms with Crippen molar-refractivity contribution < 1.29 is 18.0 Å². The summed E-state index contributed by atoms with van der Waals surface area (Å²) >= 11 is 0. The molecule has 156 valence electrons. The topological polar surface area (TPSA) is 41.5 Å². The van der Waals surface area contributed by atoms with E-state index in [0.29, 0.717) is 30.5 Å². The van der Waals surface area contributed by atoms with Gasteiger partial charge in [-0.2, -0.15) is 13.2 Å². The van der Waals surface area contributed by atoms with Crippen LogP contribution in [0.25, 0.3) is 0 Å². The molecule has 1 N–H and O–H groups in total. The number of hydrogen-bond acceptors (Lipinski definition) is 2. The number of amides is 1. The van der Waals surface area contributed by atoms with Gasteiger partial charge in [0.1, 0.15) is 0 Å². The number of alkyl halides is 3. The number of rotatable bonds is 3. The lowest BCUT2D eigenvalue weighted by molar-refractivity contribution is -0.177. The molecule has 1 aromatic carbocycles. The fraction of sp³-hybridized carbons (Fsp3) is 0.478. The minimum atomic E-state index is -4.27. The zero-order chi connectivity index (χ0) is 21.2. The van der Waals surface area contributed by atoms with E-state index < -0.39 is 24.1 Å². The van der Waals surface area contributed by atoms with E-state index in [-0.39, 0.29) is 11.3 Å². The Kier molecular flexibility index (Phi) is 6.01. The molecule has 1 aliphatic heterocycles. The normalized spacial score (nSPS) is 24.9. The number of benzene rings is 1. The van der Waals surface area contributed by atoms with E-state index in [9.17, 15) is 18.0 Å². The van der Waals surface area contributed by atoms with Gasteiger partial charge in [0.15, 0.2) is 0 Å². The Balaban J connectivity index is 1.63. The average molecular weight is 404 g/mol. The number of dihydropyridines is 1. The maximum Gasteiger partial charge on any atom is 0.395 e. The third kappa shape index (κ3) is 5.17. The van der Waals surface area contributed by atoms with Crippen molar-refractivity contribution in [2.45, 2.75) is 57.7 Å². The molecule has 1 amide bonds. The molecule has 29 heavy (non-hydrogen) atoms. The van der Waals surface area contributed by atoms with Crippen molar-refractivity contribution >= 4 is 17.8 Å². The predicted molar refractivity (Wildman–Crippen MR) is 110 cm³/mol. The van der Waals surface area contributed by atoms with Gasteiger partial charge in [-0.15, -0.1) is 0 Å². The molecule has 0 bridgehead atoms. The van der Waals surface area contributed by atoms with Gasteiger partial charge < -0.3 is 5.32 Å². The predicted octanol–water partition coefficient (Wildman–Crippen LogP) is 5.84. The molecule has 3 rings (SSSR count). The Morgan fingerprint density at radius 3 is 2.38 bits per heavy atom. The quantitative estimate of drug-likeness (QED) is 0.632. The summed E-state index contributed by atoms with van der Waals surface area (Å²) in [6.45, 7) is 6.35. The van der Waals surface area contributed by atoms with Crippen molar-refractivity contribution in [1.82, 2.24) is 0 Å². The second-order valence-electron chi connectivity index (χ2n) is 8.76. The maximum absolute atomic E-state index is 13.3. The Morgan fingerprint density at radius 1 is 1.14 bits per heavy atom. The number of allylic oxidation sites excluding steroid dienone is 2. The summed E-state index contributed by atoms with van der Waals surface area (Å²) in [7, 11) is 0. The minimum absolute atomic E-state index is 0.0265. The van der Waals surface area contributed by atoms with Crippen LogP contribution in [0.5, 0.6) is 0 Å². The number of halogens is 3. The molecule has 3 atom stereocenters. The number of nitrogens with one attached hydrogen (secondary N) is 1. The van der Waals surface area contributed by atoms with Crippen molar-refractivity contribution in [2.75, 3.05) is 5.32 Å². The summed E-state index contributed by atoms with van der Waals surface area (Å²) in [4.78, 5) is 16.8. The summed E-state index contributed by atoms with van der Waals surface area (Å²) < 4.78 is 39.9. The van der Waals surface area contributed by atoms with E-state index in [0.717, 1.165) is 5.56 Å². The number of nitrogens with zero attached hydrogens (tertiary/aromatic N) is 1. The zero-order valence-corrected chi connectivity index (χ0v) is 17.0. The zero-order valence-electron chi connectivity index (χ0n) is 17.0. The molecule has 3 unspecified atom stereocenters. The van der Waals surface area contributed by atoms with Gasteiger partial charge >= 0.3 is 6.18 Å². The highest BCUT2D eigenvalue weighted by Gasteiger charge is 2.46. The molecule has 0 radical (unpaired) electrons. The lowest BCUT2D eigenvalue weighted by Gasteiger charge is -2.34. The van der Waals surface area contributed by atoms with E-state index in [2.05, 4.69) is 31.1 Å². The summed E-state index contributed by atoms with van der Waals surface area (Å²) in [6.07, 6.45) is 3.13. The average Bonchev–Trinajstić information content (AvgIpc) is 2.67. The Hall–Kier alpha value is -2.37. The van der Waals surface area contributed by atoms with Crippen LogP contribution in [0.4, 0.5) is 18.9 Å². The lowest BCUT2D eigenvalue weighted by Crippen LogP contribution is -2.37. The van der Waals surface area contributed by atoms with Crippen LogP contribution in [0.15, 0.2) is 53.1 Å². The van der Waals surface area contributed by atoms with Crippen molar-refractivity contribution in [1.29, 1.82) is 0 Å². The van der Waals surface area contributed by atoms with Gasteiger partial charge in [0.05, 0.1) is 17.5 Å². The largest absolute Gasteiger partial charge is 0.395 e. The van der Waals surface area contributed by atoms with Crippen LogP contribution in [0.2, 0.25) is 0 Å². The number of carbonyl (C=O) groups is 1. The fourth-order valence-electron chi connectivity index (χ4n) is 3.87. The summed E-state index contributed by atoms with van der Waals surface area (Å²) in [5, 5.41) is 2.83. The molecule has 0 aromatic heterocycles. The Labute approximate surface area is 169 Å². The standard InChI is InChI=1S/C23H27F3N2O/c1-22(2,3)16-9-11-17(12-10-16)28-21(29)15-8-13-20(27-14-15)18-6-4-5-7-19(18)23(24,25)26/h5,7-12,14,18-20H,4,6,13H2,1-3H3,(H,28,29). The van der Waals surface area contributed by atoms with Gasteiger partial charge in [0, 0.05) is 11.9 Å². The number of hydrogen-bond donors (Lipinski definition) is 1. The molecule has 1 heterocycles. The highest BCUT2D eigenvalue weighted by molar-refractivity contribution is 6.18. The number of anilines is 1. The second-order valence-corrected chi connectivity index (χ2v) is 8.76. The number of aliphatic imine (C=N–C) groups is 1. The van der Waals surface area contributed by atoms with Crippen LogP contribution in [-0.4, -0.2) is 24.3 Å². The van der Waals surface area contributed by atoms with Crippen LogP contribution >= 0.6 is 0 Å². The van der Waals surface area contributed by atoms with E-state index >= 15 is 0 Å². The van der Waals surface area contributed by atoms with E-state index in [1.165, 1.54) is 12.3 Å². The Bertz CT molecular complexity index is 829. The first-order chi connectivity index (χ1) is 13.6. The van der Waals surface area contributed by atoms with Gasteiger partial charge in [0.2, 0.25) is 0 Å². The van der Waals surface area contributed by atoms with Gasteiger partial charge in [-0.1, -0.05) is 51.1 Å². The first-order valence-electron chi connectivity index (χ1n) is 9.94. The molecule has 0 saturated heterocycles. The van der Waals surface area contributed by atoms with Crippen LogP contribution in [-0.2, 0) is 10.2 Å². The van der Waals surface area contributed by atoms with E-state index in [1.807, 2.05) is 24.3 Å². The smallest absolute Gasteiger partial charge is 0.322 e. The molecule has 6 heteroatoms. The second kappa shape index (κ2) is 8.17. The first-order valence-corrected chi connectivity index (χ1v) is 9.94. The van der Waals surface area contributed by atoms with Crippen molar-refractivity contribution in [3.05, 3.63) is 53.6 Å². The SMILES string of the molecule is CC(C)(C)c1ccc(NC(=O)C2=CCC(C3CCC=CC3C(F)(F)F)N=C2)cc1. The van der Waals surface area contributed by atoms with Gasteiger partial charge in [-0.3, -0.25) is 9.79 Å². The third-order valence-corrected chi connectivity index (χ3v) is 5.60. The number of carbonyl (C=O) groups excluding carboxylic acids is 1. The first kappa shape index (κ1) is 21.3. The molecule has 2 aliphatic rings. The molecule has 0 spiro atoms. The van der Waals surface area contributed by atoms with Gasteiger partial charge in [0.25, 0.3) is 5.91 Å². The van der Waals surface area contributed by atoms with E-state index in [1.54, 1.807) is 12.2 Å². The van der Waals surface area contributed by atoms with Crippen LogP contribution in [0.1, 0.15) is 45.6 Å². The minimum Gasteiger partial charge on any atom is -0.322 e. The molecular formula is C23H27F3N2O. The van der Waals surface area contributed by atoms with Crippen LogP contribution in [0.3, 0.4) is 0 Å². The molecule has 1 aliphatic carbocycles. The molecular weight excluding hydrogens is 377 g/mol. The molecule has 3 nitrogen and oxygen atoms in total. The van der Waals surface area contributed by atoms with Crippen molar-refractivity contribution in [3.63, 3.8) is 0 Å². The Morgan fingerprint density at radius 2 is 1.83 bits per heavy atom. The monoisotopic (exact) mass is 404 g/mol. The van der Waals surface area contributed by atoms with Crippen molar-refractivity contribution in [2.24, 2.45) is 16.8 Å². The summed E-state index contributed by atoms with van der Waals surface area (Å²) in [6, 6.07) is 7.20. The van der Waals surface area contributed by atoms with Crippen molar-refractivity contribution in [3.8, 4) is 0 Å². The summed E-state index contributed by atoms with van der Waals surface area (Å²) in [5.74, 6) is -2.35. The van der Waals surface area contributed by atoms with Gasteiger partial charge in [-0.05, 0) is 48.3 Å². The molecule has 0 saturated carbocycles. The highest BCUT2D eigenvalue weighted by atomic mass is 19.4. The third-order valence-electron chi connectivity index (χ3n) is 5.60. The van der Waals surface area contributed by atoms with Gasteiger partial charge in [-0.25, -0.2) is 0 Å². The maximum atomic E-state index is 13.3. The van der Waals surface area contributed by atoms with Crippen LogP contribution < -0.4 is 5.32 Å². The summed E-state index contributed by atoms with van der Waals surface area (Å²) in [5.41, 5.74) is 2.25. The fourth-order valence-corrected chi connectivity index (χ4v) is 3.87. The molecule has 0 fully saturated rings. The lowest BCUT2D eigenvalue weighted by atomic mass is 9.77. The highest BCUT2D eigenvalue weighted by Crippen LogP contribution is 2.41. The van der Waals surface area contributed by atoms with Crippen LogP contribution in [0, 0.1) is 11.8 Å². The van der Waals surface area contributed by atoms with E-state index in [4.69, 9.17) is 0 Å².